The second-order valence-corrected chi connectivity index (χ2v) is 5.63. The van der Waals surface area contributed by atoms with E-state index in [0.717, 1.165) is 49.5 Å². The van der Waals surface area contributed by atoms with Gasteiger partial charge < -0.3 is 14.7 Å². The normalized spacial score (nSPS) is 15.2. The Morgan fingerprint density at radius 3 is 2.96 bits per heavy atom. The zero-order valence-electron chi connectivity index (χ0n) is 13.2. The lowest BCUT2D eigenvalue weighted by Crippen LogP contribution is -2.29. The predicted molar refractivity (Wildman–Crippen MR) is 90.5 cm³/mol. The van der Waals surface area contributed by atoms with Gasteiger partial charge in [-0.05, 0) is 37.2 Å². The molecule has 4 heterocycles. The molecule has 0 amide bonds. The van der Waals surface area contributed by atoms with Crippen LogP contribution in [-0.2, 0) is 0 Å². The average Bonchev–Trinajstić information content (AvgIpc) is 2.98. The van der Waals surface area contributed by atoms with Gasteiger partial charge in [0.15, 0.2) is 0 Å². The lowest BCUT2D eigenvalue weighted by Gasteiger charge is -2.22. The highest BCUT2D eigenvalue weighted by atomic mass is 16.5. The molecule has 0 aliphatic carbocycles. The Bertz CT molecular complexity index is 796. The number of pyridine rings is 2. The Kier molecular flexibility index (Phi) is 4.16. The summed E-state index contributed by atoms with van der Waals surface area (Å²) in [7, 11) is 0. The molecule has 3 aromatic heterocycles. The van der Waals surface area contributed by atoms with E-state index in [0.29, 0.717) is 11.7 Å². The summed E-state index contributed by atoms with van der Waals surface area (Å²) in [6.45, 7) is 3.85. The lowest BCUT2D eigenvalue weighted by molar-refractivity contribution is 0.432. The number of hydrogen-bond acceptors (Lipinski definition) is 7. The number of hydrogen-bond donors (Lipinski definition) is 1. The van der Waals surface area contributed by atoms with Crippen LogP contribution in [0.1, 0.15) is 6.42 Å². The van der Waals surface area contributed by atoms with E-state index < -0.39 is 0 Å². The van der Waals surface area contributed by atoms with Crippen LogP contribution in [0.25, 0.3) is 22.8 Å². The van der Waals surface area contributed by atoms with E-state index in [9.17, 15) is 0 Å². The van der Waals surface area contributed by atoms with Crippen molar-refractivity contribution < 1.29 is 4.52 Å². The SMILES string of the molecule is c1cncc(-c2noc(-c3cccnc3N3CCCNCC3)n2)c1. The maximum atomic E-state index is 5.50. The van der Waals surface area contributed by atoms with E-state index in [-0.39, 0.29) is 0 Å². The fourth-order valence-corrected chi connectivity index (χ4v) is 2.82. The lowest BCUT2D eigenvalue weighted by atomic mass is 10.2. The minimum atomic E-state index is 0.481. The van der Waals surface area contributed by atoms with Gasteiger partial charge in [0.2, 0.25) is 5.82 Å². The molecular weight excluding hydrogens is 304 g/mol. The largest absolute Gasteiger partial charge is 0.355 e. The van der Waals surface area contributed by atoms with Gasteiger partial charge >= 0.3 is 0 Å². The highest BCUT2D eigenvalue weighted by Gasteiger charge is 2.19. The molecule has 0 atom stereocenters. The monoisotopic (exact) mass is 322 g/mol. The second-order valence-electron chi connectivity index (χ2n) is 5.63. The zero-order chi connectivity index (χ0) is 16.2. The van der Waals surface area contributed by atoms with Crippen LogP contribution in [0.4, 0.5) is 5.82 Å². The summed E-state index contributed by atoms with van der Waals surface area (Å²) in [5, 5.41) is 7.49. The standard InChI is InChI=1S/C17H18N6O/c1-4-13(12-19-6-1)15-21-17(24-22-15)14-5-2-8-20-16(14)23-10-3-7-18-9-11-23/h1-2,4-6,8,12,18H,3,7,9-11H2. The molecule has 0 unspecified atom stereocenters. The van der Waals surface area contributed by atoms with E-state index in [1.807, 2.05) is 24.3 Å². The summed E-state index contributed by atoms with van der Waals surface area (Å²) in [4.78, 5) is 15.5. The van der Waals surface area contributed by atoms with Gasteiger partial charge in [-0.15, -0.1) is 0 Å². The minimum absolute atomic E-state index is 0.481. The van der Waals surface area contributed by atoms with Crippen LogP contribution in [0.5, 0.6) is 0 Å². The molecule has 1 aliphatic heterocycles. The maximum Gasteiger partial charge on any atom is 0.262 e. The quantitative estimate of drug-likeness (QED) is 0.790. The number of anilines is 1. The van der Waals surface area contributed by atoms with E-state index in [4.69, 9.17) is 4.52 Å². The zero-order valence-corrected chi connectivity index (χ0v) is 13.2. The highest BCUT2D eigenvalue weighted by molar-refractivity contribution is 5.71. The third kappa shape index (κ3) is 2.98. The first-order valence-corrected chi connectivity index (χ1v) is 8.07. The molecular formula is C17H18N6O. The third-order valence-corrected chi connectivity index (χ3v) is 4.00. The number of nitrogens with zero attached hydrogens (tertiary/aromatic N) is 5. The molecule has 1 fully saturated rings. The topological polar surface area (TPSA) is 80.0 Å². The molecule has 0 spiro atoms. The molecule has 7 heteroatoms. The Morgan fingerprint density at radius 2 is 2.04 bits per heavy atom. The van der Waals surface area contributed by atoms with Crippen molar-refractivity contribution >= 4 is 5.82 Å². The van der Waals surface area contributed by atoms with Gasteiger partial charge in [-0.1, -0.05) is 5.16 Å². The van der Waals surface area contributed by atoms with Crippen LogP contribution >= 0.6 is 0 Å². The van der Waals surface area contributed by atoms with Crippen LogP contribution in [0.2, 0.25) is 0 Å². The molecule has 0 radical (unpaired) electrons. The average molecular weight is 322 g/mol. The molecule has 1 aliphatic rings. The van der Waals surface area contributed by atoms with Crippen molar-refractivity contribution in [1.29, 1.82) is 0 Å². The van der Waals surface area contributed by atoms with Crippen molar-refractivity contribution in [3.05, 3.63) is 42.9 Å². The first-order valence-electron chi connectivity index (χ1n) is 8.07. The molecule has 4 rings (SSSR count). The van der Waals surface area contributed by atoms with Gasteiger partial charge in [-0.2, -0.15) is 4.98 Å². The van der Waals surface area contributed by atoms with Crippen molar-refractivity contribution in [1.82, 2.24) is 25.4 Å². The number of aromatic nitrogens is 4. The Balaban J connectivity index is 1.68. The molecule has 24 heavy (non-hydrogen) atoms. The van der Waals surface area contributed by atoms with E-state index in [1.54, 1.807) is 18.6 Å². The number of nitrogens with one attached hydrogen (secondary N) is 1. The fourth-order valence-electron chi connectivity index (χ4n) is 2.82. The molecule has 0 bridgehead atoms. The van der Waals surface area contributed by atoms with Crippen LogP contribution in [0.3, 0.4) is 0 Å². The Hall–Kier alpha value is -2.80. The van der Waals surface area contributed by atoms with Gasteiger partial charge in [0, 0.05) is 43.8 Å². The fraction of sp³-hybridized carbons (Fsp3) is 0.294. The van der Waals surface area contributed by atoms with E-state index in [2.05, 4.69) is 30.3 Å². The molecule has 0 saturated carbocycles. The predicted octanol–water partition coefficient (Wildman–Crippen LogP) is 1.99. The molecule has 122 valence electrons. The van der Waals surface area contributed by atoms with E-state index in [1.165, 1.54) is 0 Å². The summed E-state index contributed by atoms with van der Waals surface area (Å²) in [6.07, 6.45) is 6.33. The minimum Gasteiger partial charge on any atom is -0.355 e. The first-order chi connectivity index (χ1) is 11.9. The van der Waals surface area contributed by atoms with Crippen LogP contribution in [0.15, 0.2) is 47.4 Å². The van der Waals surface area contributed by atoms with Crippen LogP contribution in [0, 0.1) is 0 Å². The van der Waals surface area contributed by atoms with Gasteiger partial charge in [0.1, 0.15) is 5.82 Å². The summed E-state index contributed by atoms with van der Waals surface area (Å²) < 4.78 is 5.50. The van der Waals surface area contributed by atoms with Gasteiger partial charge in [0.25, 0.3) is 5.89 Å². The summed E-state index contributed by atoms with van der Waals surface area (Å²) >= 11 is 0. The van der Waals surface area contributed by atoms with Crippen molar-refractivity contribution in [2.75, 3.05) is 31.1 Å². The molecule has 1 N–H and O–H groups in total. The van der Waals surface area contributed by atoms with E-state index >= 15 is 0 Å². The Morgan fingerprint density at radius 1 is 1.08 bits per heavy atom. The van der Waals surface area contributed by atoms with Gasteiger partial charge in [-0.25, -0.2) is 4.98 Å². The van der Waals surface area contributed by atoms with Crippen molar-refractivity contribution in [2.45, 2.75) is 6.42 Å². The molecule has 3 aromatic rings. The van der Waals surface area contributed by atoms with Crippen molar-refractivity contribution in [3.8, 4) is 22.8 Å². The highest BCUT2D eigenvalue weighted by Crippen LogP contribution is 2.29. The number of rotatable bonds is 3. The second kappa shape index (κ2) is 6.76. The summed E-state index contributed by atoms with van der Waals surface area (Å²) in [5.41, 5.74) is 1.69. The Labute approximate surface area is 139 Å². The molecule has 7 nitrogen and oxygen atoms in total. The molecule has 0 aromatic carbocycles. The van der Waals surface area contributed by atoms with Crippen molar-refractivity contribution in [3.63, 3.8) is 0 Å². The van der Waals surface area contributed by atoms with Crippen molar-refractivity contribution in [2.24, 2.45) is 0 Å². The smallest absolute Gasteiger partial charge is 0.262 e. The van der Waals surface area contributed by atoms with Gasteiger partial charge in [0.05, 0.1) is 5.56 Å². The first kappa shape index (κ1) is 14.8. The summed E-state index contributed by atoms with van der Waals surface area (Å²) in [6, 6.07) is 7.63. The van der Waals surface area contributed by atoms with Crippen LogP contribution in [-0.4, -0.2) is 46.3 Å². The van der Waals surface area contributed by atoms with Crippen LogP contribution < -0.4 is 10.2 Å². The molecule has 1 saturated heterocycles. The third-order valence-electron chi connectivity index (χ3n) is 4.00. The summed E-state index contributed by atoms with van der Waals surface area (Å²) in [5.74, 6) is 1.90. The maximum absolute atomic E-state index is 5.50. The van der Waals surface area contributed by atoms with Gasteiger partial charge in [-0.3, -0.25) is 4.98 Å².